The maximum atomic E-state index is 5.33. The van der Waals surface area contributed by atoms with Crippen molar-refractivity contribution in [2.24, 2.45) is 0 Å². The number of benzene rings is 2. The Balaban J connectivity index is 1.54. The largest absolute Gasteiger partial charge is 0.497 e. The predicted molar refractivity (Wildman–Crippen MR) is 101 cm³/mol. The van der Waals surface area contributed by atoms with Gasteiger partial charge in [0.15, 0.2) is 0 Å². The number of rotatable bonds is 6. The van der Waals surface area contributed by atoms with Gasteiger partial charge >= 0.3 is 0 Å². The van der Waals surface area contributed by atoms with Crippen LogP contribution in [-0.4, -0.2) is 50.2 Å². The molecule has 4 heteroatoms. The van der Waals surface area contributed by atoms with Crippen LogP contribution in [0.5, 0.6) is 11.5 Å². The molecule has 1 aliphatic heterocycles. The summed E-state index contributed by atoms with van der Waals surface area (Å²) in [6, 6.07) is 16.8. The molecule has 0 N–H and O–H groups in total. The van der Waals surface area contributed by atoms with E-state index in [-0.39, 0.29) is 0 Å². The Labute approximate surface area is 151 Å². The Morgan fingerprint density at radius 2 is 1.20 bits per heavy atom. The molecule has 0 radical (unpaired) electrons. The van der Waals surface area contributed by atoms with Gasteiger partial charge in [0, 0.05) is 26.2 Å². The first-order valence-electron chi connectivity index (χ1n) is 8.97. The number of nitrogens with zero attached hydrogens (tertiary/aromatic N) is 2. The molecule has 134 valence electrons. The quantitative estimate of drug-likeness (QED) is 0.804. The number of hydrogen-bond donors (Lipinski definition) is 0. The fraction of sp³-hybridized carbons (Fsp3) is 0.429. The second kappa shape index (κ2) is 8.88. The SMILES string of the molecule is COc1cccc(CN2CCCN(Cc3cccc(OC)c3)CC2)c1. The van der Waals surface area contributed by atoms with E-state index in [9.17, 15) is 0 Å². The molecule has 1 fully saturated rings. The van der Waals surface area contributed by atoms with Gasteiger partial charge in [0.25, 0.3) is 0 Å². The monoisotopic (exact) mass is 340 g/mol. The van der Waals surface area contributed by atoms with E-state index in [1.54, 1.807) is 14.2 Å². The first-order chi connectivity index (χ1) is 12.3. The minimum Gasteiger partial charge on any atom is -0.497 e. The summed E-state index contributed by atoms with van der Waals surface area (Å²) in [7, 11) is 3.45. The highest BCUT2D eigenvalue weighted by Gasteiger charge is 2.15. The average molecular weight is 340 g/mol. The highest BCUT2D eigenvalue weighted by Crippen LogP contribution is 2.17. The summed E-state index contributed by atoms with van der Waals surface area (Å²) >= 11 is 0. The fourth-order valence-electron chi connectivity index (χ4n) is 3.40. The number of methoxy groups -OCH3 is 2. The van der Waals surface area contributed by atoms with Crippen LogP contribution in [0.1, 0.15) is 17.5 Å². The third-order valence-corrected chi connectivity index (χ3v) is 4.76. The van der Waals surface area contributed by atoms with Crippen LogP contribution < -0.4 is 9.47 Å². The van der Waals surface area contributed by atoms with Gasteiger partial charge in [-0.3, -0.25) is 9.80 Å². The molecular formula is C21H28N2O2. The summed E-state index contributed by atoms with van der Waals surface area (Å²) in [6.07, 6.45) is 1.20. The molecule has 2 aromatic carbocycles. The Bertz CT molecular complexity index is 617. The zero-order valence-electron chi connectivity index (χ0n) is 15.3. The van der Waals surface area contributed by atoms with Crippen molar-refractivity contribution >= 4 is 0 Å². The molecule has 0 aliphatic carbocycles. The Hall–Kier alpha value is -2.04. The van der Waals surface area contributed by atoms with Gasteiger partial charge in [-0.25, -0.2) is 0 Å². The van der Waals surface area contributed by atoms with E-state index in [0.29, 0.717) is 0 Å². The van der Waals surface area contributed by atoms with Crippen molar-refractivity contribution in [1.29, 1.82) is 0 Å². The van der Waals surface area contributed by atoms with Crippen molar-refractivity contribution < 1.29 is 9.47 Å². The van der Waals surface area contributed by atoms with Gasteiger partial charge in [0.1, 0.15) is 11.5 Å². The molecule has 0 atom stereocenters. The molecule has 0 amide bonds. The molecule has 25 heavy (non-hydrogen) atoms. The smallest absolute Gasteiger partial charge is 0.119 e. The van der Waals surface area contributed by atoms with Crippen molar-refractivity contribution in [2.75, 3.05) is 40.4 Å². The summed E-state index contributed by atoms with van der Waals surface area (Å²) in [4.78, 5) is 5.08. The first-order valence-corrected chi connectivity index (χ1v) is 8.97. The van der Waals surface area contributed by atoms with Gasteiger partial charge in [-0.1, -0.05) is 24.3 Å². The Morgan fingerprint density at radius 3 is 1.64 bits per heavy atom. The lowest BCUT2D eigenvalue weighted by Crippen LogP contribution is -2.30. The molecule has 1 heterocycles. The van der Waals surface area contributed by atoms with Gasteiger partial charge < -0.3 is 9.47 Å². The van der Waals surface area contributed by atoms with Crippen LogP contribution in [0.2, 0.25) is 0 Å². The van der Waals surface area contributed by atoms with E-state index in [2.05, 4.69) is 46.2 Å². The van der Waals surface area contributed by atoms with Gasteiger partial charge in [0.2, 0.25) is 0 Å². The summed E-state index contributed by atoms with van der Waals surface area (Å²) in [5, 5.41) is 0. The normalized spacial score (nSPS) is 16.4. The summed E-state index contributed by atoms with van der Waals surface area (Å²) in [6.45, 7) is 6.47. The van der Waals surface area contributed by atoms with E-state index >= 15 is 0 Å². The lowest BCUT2D eigenvalue weighted by atomic mass is 10.2. The zero-order valence-corrected chi connectivity index (χ0v) is 15.3. The van der Waals surface area contributed by atoms with E-state index in [4.69, 9.17) is 9.47 Å². The Morgan fingerprint density at radius 1 is 0.720 bits per heavy atom. The topological polar surface area (TPSA) is 24.9 Å². The van der Waals surface area contributed by atoms with Gasteiger partial charge in [-0.15, -0.1) is 0 Å². The molecular weight excluding hydrogens is 312 g/mol. The van der Waals surface area contributed by atoms with Crippen molar-refractivity contribution in [1.82, 2.24) is 9.80 Å². The van der Waals surface area contributed by atoms with E-state index in [0.717, 1.165) is 50.8 Å². The van der Waals surface area contributed by atoms with Crippen LogP contribution in [0.15, 0.2) is 48.5 Å². The van der Waals surface area contributed by atoms with Crippen molar-refractivity contribution in [3.8, 4) is 11.5 Å². The second-order valence-corrected chi connectivity index (χ2v) is 6.61. The van der Waals surface area contributed by atoms with Crippen LogP contribution in [0.25, 0.3) is 0 Å². The molecule has 1 saturated heterocycles. The zero-order chi connectivity index (χ0) is 17.5. The van der Waals surface area contributed by atoms with Crippen LogP contribution in [-0.2, 0) is 13.1 Å². The molecule has 0 spiro atoms. The molecule has 2 aromatic rings. The minimum atomic E-state index is 0.937. The number of hydrogen-bond acceptors (Lipinski definition) is 4. The molecule has 1 aliphatic rings. The third kappa shape index (κ3) is 5.21. The molecule has 0 bridgehead atoms. The average Bonchev–Trinajstić information content (AvgIpc) is 2.87. The Kier molecular flexibility index (Phi) is 6.31. The lowest BCUT2D eigenvalue weighted by molar-refractivity contribution is 0.247. The predicted octanol–water partition coefficient (Wildman–Crippen LogP) is 3.41. The molecule has 3 rings (SSSR count). The van der Waals surface area contributed by atoms with Crippen molar-refractivity contribution in [3.63, 3.8) is 0 Å². The van der Waals surface area contributed by atoms with Gasteiger partial charge in [-0.2, -0.15) is 0 Å². The number of ether oxygens (including phenoxy) is 2. The van der Waals surface area contributed by atoms with E-state index in [1.165, 1.54) is 17.5 Å². The van der Waals surface area contributed by atoms with Crippen molar-refractivity contribution in [3.05, 3.63) is 59.7 Å². The standard InChI is InChI=1S/C21H28N2O2/c1-24-20-8-3-6-18(14-20)16-22-10-5-11-23(13-12-22)17-19-7-4-9-21(15-19)25-2/h3-4,6-9,14-15H,5,10-13,16-17H2,1-2H3. The highest BCUT2D eigenvalue weighted by atomic mass is 16.5. The minimum absolute atomic E-state index is 0.937. The van der Waals surface area contributed by atoms with Crippen LogP contribution in [0.3, 0.4) is 0 Å². The highest BCUT2D eigenvalue weighted by molar-refractivity contribution is 5.29. The van der Waals surface area contributed by atoms with Crippen LogP contribution >= 0.6 is 0 Å². The van der Waals surface area contributed by atoms with Gasteiger partial charge in [-0.05, 0) is 54.9 Å². The molecule has 4 nitrogen and oxygen atoms in total. The molecule has 0 unspecified atom stereocenters. The third-order valence-electron chi connectivity index (χ3n) is 4.76. The van der Waals surface area contributed by atoms with Crippen molar-refractivity contribution in [2.45, 2.75) is 19.5 Å². The summed E-state index contributed by atoms with van der Waals surface area (Å²) < 4.78 is 10.7. The van der Waals surface area contributed by atoms with Crippen LogP contribution in [0.4, 0.5) is 0 Å². The lowest BCUT2D eigenvalue weighted by Gasteiger charge is -2.22. The summed E-state index contributed by atoms with van der Waals surface area (Å²) in [5.74, 6) is 1.87. The van der Waals surface area contributed by atoms with Gasteiger partial charge in [0.05, 0.1) is 14.2 Å². The fourth-order valence-corrected chi connectivity index (χ4v) is 3.40. The first kappa shape index (κ1) is 17.8. The summed E-state index contributed by atoms with van der Waals surface area (Å²) in [5.41, 5.74) is 2.64. The van der Waals surface area contributed by atoms with Crippen LogP contribution in [0, 0.1) is 0 Å². The maximum Gasteiger partial charge on any atom is 0.119 e. The maximum absolute atomic E-state index is 5.33. The second-order valence-electron chi connectivity index (χ2n) is 6.61. The molecule has 0 saturated carbocycles. The van der Waals surface area contributed by atoms with E-state index in [1.807, 2.05) is 12.1 Å². The van der Waals surface area contributed by atoms with E-state index < -0.39 is 0 Å². The molecule has 0 aromatic heterocycles.